The van der Waals surface area contributed by atoms with Gasteiger partial charge in [-0.3, -0.25) is 14.5 Å². The molecule has 1 aliphatic heterocycles. The molecule has 3 aromatic rings. The van der Waals surface area contributed by atoms with Gasteiger partial charge in [-0.1, -0.05) is 29.8 Å². The van der Waals surface area contributed by atoms with Gasteiger partial charge in [0.1, 0.15) is 11.5 Å². The lowest BCUT2D eigenvalue weighted by Crippen LogP contribution is -2.27. The zero-order valence-corrected chi connectivity index (χ0v) is 16.4. The highest BCUT2D eigenvalue weighted by atomic mass is 32.2. The fourth-order valence-corrected chi connectivity index (χ4v) is 3.75. The first-order chi connectivity index (χ1) is 14.0. The molecule has 2 amide bonds. The van der Waals surface area contributed by atoms with Gasteiger partial charge in [0.2, 0.25) is 0 Å². The quantitative estimate of drug-likeness (QED) is 0.551. The number of thioether (sulfide) groups is 1. The van der Waals surface area contributed by atoms with Gasteiger partial charge in [0.05, 0.1) is 23.1 Å². The van der Waals surface area contributed by atoms with E-state index in [4.69, 9.17) is 9.68 Å². The van der Waals surface area contributed by atoms with Crippen molar-refractivity contribution in [3.63, 3.8) is 0 Å². The van der Waals surface area contributed by atoms with Crippen LogP contribution in [0.4, 0.5) is 4.79 Å². The Kier molecular flexibility index (Phi) is 5.07. The summed E-state index contributed by atoms with van der Waals surface area (Å²) in [6, 6.07) is 20.4. The molecule has 0 atom stereocenters. The maximum Gasteiger partial charge on any atom is 0.293 e. The van der Waals surface area contributed by atoms with Gasteiger partial charge in [-0.25, -0.2) is 0 Å². The van der Waals surface area contributed by atoms with Gasteiger partial charge in [-0.2, -0.15) is 5.26 Å². The first-order valence-electron chi connectivity index (χ1n) is 8.95. The van der Waals surface area contributed by atoms with E-state index in [2.05, 4.69) is 6.07 Å². The first-order valence-corrected chi connectivity index (χ1v) is 9.76. The Labute approximate surface area is 172 Å². The van der Waals surface area contributed by atoms with Crippen LogP contribution >= 0.6 is 11.8 Å². The third-order valence-electron chi connectivity index (χ3n) is 4.53. The summed E-state index contributed by atoms with van der Waals surface area (Å²) in [5, 5.41) is 8.60. The highest BCUT2D eigenvalue weighted by Crippen LogP contribution is 2.34. The maximum absolute atomic E-state index is 12.7. The van der Waals surface area contributed by atoms with E-state index in [1.54, 1.807) is 42.5 Å². The SMILES string of the molecule is Cc1ccc(CN2C(=O)S/C(=C/c3ccc(-c4ccc(C#N)cc4)o3)C2=O)cc1. The molecule has 6 heteroatoms. The molecule has 0 N–H and O–H groups in total. The second kappa shape index (κ2) is 7.82. The predicted octanol–water partition coefficient (Wildman–Crippen LogP) is 5.36. The molecule has 0 unspecified atom stereocenters. The smallest absolute Gasteiger partial charge is 0.293 e. The lowest BCUT2D eigenvalue weighted by Gasteiger charge is -2.12. The van der Waals surface area contributed by atoms with E-state index in [0.29, 0.717) is 22.0 Å². The monoisotopic (exact) mass is 400 g/mol. The molecule has 2 heterocycles. The molecule has 142 valence electrons. The highest BCUT2D eigenvalue weighted by molar-refractivity contribution is 8.18. The van der Waals surface area contributed by atoms with Crippen LogP contribution in [0.15, 0.2) is 70.0 Å². The summed E-state index contributed by atoms with van der Waals surface area (Å²) in [6.07, 6.45) is 1.59. The number of hydrogen-bond acceptors (Lipinski definition) is 5. The third-order valence-corrected chi connectivity index (χ3v) is 5.44. The fourth-order valence-electron chi connectivity index (χ4n) is 2.94. The van der Waals surface area contributed by atoms with Crippen LogP contribution in [-0.2, 0) is 11.3 Å². The number of amides is 2. The third kappa shape index (κ3) is 4.00. The van der Waals surface area contributed by atoms with Gasteiger partial charge >= 0.3 is 0 Å². The van der Waals surface area contributed by atoms with Crippen LogP contribution in [0.2, 0.25) is 0 Å². The van der Waals surface area contributed by atoms with Crippen molar-refractivity contribution in [2.75, 3.05) is 0 Å². The van der Waals surface area contributed by atoms with Crippen LogP contribution in [0.3, 0.4) is 0 Å². The number of carbonyl (C=O) groups is 2. The average Bonchev–Trinajstić information content (AvgIpc) is 3.30. The van der Waals surface area contributed by atoms with Crippen LogP contribution in [0, 0.1) is 18.3 Å². The van der Waals surface area contributed by atoms with Gasteiger partial charge in [-0.05, 0) is 60.6 Å². The molecule has 0 aliphatic carbocycles. The number of imide groups is 1. The molecule has 0 bridgehead atoms. The zero-order chi connectivity index (χ0) is 20.4. The molecule has 1 saturated heterocycles. The van der Waals surface area contributed by atoms with Gasteiger partial charge in [0, 0.05) is 11.6 Å². The predicted molar refractivity (Wildman–Crippen MR) is 112 cm³/mol. The molecular formula is C23H16N2O3S. The van der Waals surface area contributed by atoms with Crippen molar-refractivity contribution in [3.8, 4) is 17.4 Å². The zero-order valence-electron chi connectivity index (χ0n) is 15.6. The summed E-state index contributed by atoms with van der Waals surface area (Å²) in [4.78, 5) is 26.6. The molecule has 1 aliphatic rings. The summed E-state index contributed by atoms with van der Waals surface area (Å²) in [6.45, 7) is 2.24. The number of hydrogen-bond donors (Lipinski definition) is 0. The van der Waals surface area contributed by atoms with Crippen molar-refractivity contribution in [1.29, 1.82) is 5.26 Å². The lowest BCUT2D eigenvalue weighted by molar-refractivity contribution is -0.123. The Morgan fingerprint density at radius 1 is 1.03 bits per heavy atom. The van der Waals surface area contributed by atoms with Crippen molar-refractivity contribution in [1.82, 2.24) is 4.90 Å². The molecule has 1 fully saturated rings. The normalized spacial score (nSPS) is 15.2. The largest absolute Gasteiger partial charge is 0.457 e. The number of benzene rings is 2. The van der Waals surface area contributed by atoms with Crippen molar-refractivity contribution in [2.45, 2.75) is 13.5 Å². The van der Waals surface area contributed by atoms with Gasteiger partial charge < -0.3 is 4.42 Å². The number of rotatable bonds is 4. The Hall–Kier alpha value is -3.56. The number of furan rings is 1. The second-order valence-electron chi connectivity index (χ2n) is 6.64. The Balaban J connectivity index is 1.52. The van der Waals surface area contributed by atoms with Crippen molar-refractivity contribution in [3.05, 3.63) is 88.0 Å². The minimum atomic E-state index is -0.322. The van der Waals surface area contributed by atoms with E-state index in [1.807, 2.05) is 31.2 Å². The number of carbonyl (C=O) groups excluding carboxylic acids is 2. The minimum absolute atomic E-state index is 0.247. The number of nitriles is 1. The molecule has 4 rings (SSSR count). The Morgan fingerprint density at radius 3 is 2.45 bits per heavy atom. The Morgan fingerprint density at radius 2 is 1.76 bits per heavy atom. The standard InChI is InChI=1S/C23H16N2O3S/c1-15-2-4-17(5-3-15)14-25-22(26)21(29-23(25)27)12-19-10-11-20(28-19)18-8-6-16(13-24)7-9-18/h2-12H,14H2,1H3/b21-12+. The van der Waals surface area contributed by atoms with Crippen molar-refractivity contribution < 1.29 is 14.0 Å². The first kappa shape index (κ1) is 18.8. The number of aryl methyl sites for hydroxylation is 1. The fraction of sp³-hybridized carbons (Fsp3) is 0.0870. The molecule has 2 aromatic carbocycles. The maximum atomic E-state index is 12.7. The van der Waals surface area contributed by atoms with Crippen LogP contribution in [0.25, 0.3) is 17.4 Å². The van der Waals surface area contributed by atoms with E-state index < -0.39 is 0 Å². The van der Waals surface area contributed by atoms with Gasteiger partial charge in [-0.15, -0.1) is 0 Å². The molecule has 29 heavy (non-hydrogen) atoms. The van der Waals surface area contributed by atoms with Crippen LogP contribution in [-0.4, -0.2) is 16.0 Å². The minimum Gasteiger partial charge on any atom is -0.457 e. The van der Waals surface area contributed by atoms with E-state index >= 15 is 0 Å². The molecule has 0 radical (unpaired) electrons. The molecule has 0 spiro atoms. The van der Waals surface area contributed by atoms with E-state index in [0.717, 1.165) is 28.5 Å². The summed E-state index contributed by atoms with van der Waals surface area (Å²) >= 11 is 0.912. The van der Waals surface area contributed by atoms with Crippen molar-refractivity contribution >= 4 is 29.0 Å². The van der Waals surface area contributed by atoms with Gasteiger partial charge in [0.15, 0.2) is 0 Å². The topological polar surface area (TPSA) is 74.3 Å². The second-order valence-corrected chi connectivity index (χ2v) is 7.64. The van der Waals surface area contributed by atoms with E-state index in [9.17, 15) is 9.59 Å². The average molecular weight is 400 g/mol. The van der Waals surface area contributed by atoms with Crippen LogP contribution in [0.5, 0.6) is 0 Å². The van der Waals surface area contributed by atoms with Crippen LogP contribution in [0.1, 0.15) is 22.5 Å². The summed E-state index contributed by atoms with van der Waals surface area (Å²) in [5.41, 5.74) is 3.43. The van der Waals surface area contributed by atoms with Gasteiger partial charge in [0.25, 0.3) is 11.1 Å². The van der Waals surface area contributed by atoms with Crippen LogP contribution < -0.4 is 0 Å². The summed E-state index contributed by atoms with van der Waals surface area (Å²) < 4.78 is 5.80. The Bertz CT molecular complexity index is 1150. The lowest BCUT2D eigenvalue weighted by atomic mass is 10.1. The molecule has 0 saturated carbocycles. The molecular weight excluding hydrogens is 384 g/mol. The van der Waals surface area contributed by atoms with E-state index in [1.165, 1.54) is 4.90 Å². The molecule has 5 nitrogen and oxygen atoms in total. The summed E-state index contributed by atoms with van der Waals surface area (Å²) in [5.74, 6) is 0.793. The summed E-state index contributed by atoms with van der Waals surface area (Å²) in [7, 11) is 0. The molecule has 1 aromatic heterocycles. The number of nitrogens with zero attached hydrogens (tertiary/aromatic N) is 2. The van der Waals surface area contributed by atoms with Crippen molar-refractivity contribution in [2.24, 2.45) is 0 Å². The van der Waals surface area contributed by atoms with E-state index in [-0.39, 0.29) is 17.7 Å². The highest BCUT2D eigenvalue weighted by Gasteiger charge is 2.35.